The van der Waals surface area contributed by atoms with Crippen molar-refractivity contribution in [3.05, 3.63) is 273 Å². The number of allylic oxidation sites excluding steroid dienone is 3. The molecule has 0 heterocycles. The van der Waals surface area contributed by atoms with E-state index in [1.54, 1.807) is 0 Å². The Morgan fingerprint density at radius 1 is 0.297 bits per heavy atom. The summed E-state index contributed by atoms with van der Waals surface area (Å²) in [6.45, 7) is 0. The van der Waals surface area contributed by atoms with Gasteiger partial charge in [-0.2, -0.15) is 0 Å². The van der Waals surface area contributed by atoms with Crippen LogP contribution in [-0.2, 0) is 0 Å². The topological polar surface area (TPSA) is 13.0 Å². The maximum absolute atomic E-state index is 2.46. The molecule has 2 aliphatic carbocycles. The molecule has 310 valence electrons. The van der Waals surface area contributed by atoms with E-state index in [0.717, 1.165) is 58.3 Å². The third-order valence-corrected chi connectivity index (χ3v) is 12.0. The van der Waals surface area contributed by atoms with Gasteiger partial charge in [0.15, 0.2) is 0 Å². The zero-order valence-corrected chi connectivity index (χ0v) is 35.8. The predicted octanol–water partition coefficient (Wildman–Crippen LogP) is 16.0. The summed E-state index contributed by atoms with van der Waals surface area (Å²) < 4.78 is 0. The molecule has 0 aliphatic heterocycles. The van der Waals surface area contributed by atoms with Crippen molar-refractivity contribution < 1.29 is 0 Å². The number of rotatable bonds is 13. The lowest BCUT2D eigenvalue weighted by Gasteiger charge is -2.35. The van der Waals surface area contributed by atoms with E-state index < -0.39 is 0 Å². The molecule has 8 aromatic rings. The normalized spacial score (nSPS) is 15.3. The van der Waals surface area contributed by atoms with Crippen LogP contribution in [0.3, 0.4) is 0 Å². The van der Waals surface area contributed by atoms with Gasteiger partial charge in [0, 0.05) is 56.9 Å². The first-order valence-corrected chi connectivity index (χ1v) is 22.2. The van der Waals surface area contributed by atoms with Crippen LogP contribution in [-0.4, -0.2) is 12.1 Å². The Hall–Kier alpha value is -8.08. The first-order chi connectivity index (χ1) is 31.8. The van der Waals surface area contributed by atoms with Crippen molar-refractivity contribution in [2.24, 2.45) is 0 Å². The van der Waals surface area contributed by atoms with Crippen molar-refractivity contribution in [3.8, 4) is 11.1 Å². The Labute approximate surface area is 377 Å². The minimum Gasteiger partial charge on any atom is -0.334 e. The van der Waals surface area contributed by atoms with Crippen LogP contribution in [0, 0.1) is 0 Å². The minimum absolute atomic E-state index is 0.146. The number of para-hydroxylation sites is 5. The number of hydrogen-bond acceptors (Lipinski definition) is 4. The lowest BCUT2D eigenvalue weighted by Crippen LogP contribution is -2.31. The molecule has 4 heteroatoms. The van der Waals surface area contributed by atoms with E-state index in [2.05, 4.69) is 287 Å². The Kier molecular flexibility index (Phi) is 11.8. The Morgan fingerprint density at radius 2 is 0.641 bits per heavy atom. The predicted molar refractivity (Wildman–Crippen MR) is 271 cm³/mol. The van der Waals surface area contributed by atoms with Crippen LogP contribution in [0.4, 0.5) is 51.2 Å². The smallest absolute Gasteiger partial charge is 0.0561 e. The molecular formula is C60H50N4. The molecule has 0 N–H and O–H groups in total. The Bertz CT molecular complexity index is 2780. The fraction of sp³-hybridized carbons (Fsp3) is 0.0667. The van der Waals surface area contributed by atoms with E-state index >= 15 is 0 Å². The van der Waals surface area contributed by atoms with Gasteiger partial charge in [-0.3, -0.25) is 0 Å². The first-order valence-electron chi connectivity index (χ1n) is 22.2. The van der Waals surface area contributed by atoms with Crippen molar-refractivity contribution in [2.75, 3.05) is 19.6 Å². The summed E-state index contributed by atoms with van der Waals surface area (Å²) in [5, 5.41) is 0. The number of hydrogen-bond donors (Lipinski definition) is 0. The molecule has 2 aliphatic rings. The number of anilines is 9. The van der Waals surface area contributed by atoms with E-state index in [9.17, 15) is 0 Å². The third-order valence-electron chi connectivity index (χ3n) is 12.0. The summed E-state index contributed by atoms with van der Waals surface area (Å²) in [5.74, 6) is 0. The van der Waals surface area contributed by atoms with E-state index in [4.69, 9.17) is 0 Å². The summed E-state index contributed by atoms with van der Waals surface area (Å²) in [6, 6.07) is 80.6. The molecule has 0 aromatic heterocycles. The molecule has 0 radical (unpaired) electrons. The molecule has 64 heavy (non-hydrogen) atoms. The second-order valence-electron chi connectivity index (χ2n) is 16.1. The maximum Gasteiger partial charge on any atom is 0.0561 e. The van der Waals surface area contributed by atoms with Gasteiger partial charge in [-0.05, 0) is 139 Å². The van der Waals surface area contributed by atoms with Gasteiger partial charge in [-0.15, -0.1) is 0 Å². The van der Waals surface area contributed by atoms with Gasteiger partial charge in [0.05, 0.1) is 12.1 Å². The highest BCUT2D eigenvalue weighted by Gasteiger charge is 2.24. The molecule has 0 saturated heterocycles. The van der Waals surface area contributed by atoms with Crippen molar-refractivity contribution >= 4 is 51.2 Å². The van der Waals surface area contributed by atoms with Gasteiger partial charge in [0.1, 0.15) is 0 Å². The van der Waals surface area contributed by atoms with Crippen LogP contribution >= 0.6 is 0 Å². The van der Waals surface area contributed by atoms with Gasteiger partial charge in [0.2, 0.25) is 0 Å². The largest absolute Gasteiger partial charge is 0.334 e. The zero-order valence-electron chi connectivity index (χ0n) is 35.8. The molecule has 8 aromatic carbocycles. The highest BCUT2D eigenvalue weighted by molar-refractivity contribution is 5.79. The van der Waals surface area contributed by atoms with Gasteiger partial charge in [0.25, 0.3) is 0 Å². The minimum atomic E-state index is 0.146. The average Bonchev–Trinajstić information content (AvgIpc) is 3.38. The van der Waals surface area contributed by atoms with Crippen molar-refractivity contribution in [1.82, 2.24) is 0 Å². The molecule has 0 bridgehead atoms. The quantitative estimate of drug-likeness (QED) is 0.115. The van der Waals surface area contributed by atoms with Gasteiger partial charge < -0.3 is 19.6 Å². The average molecular weight is 827 g/mol. The molecule has 2 unspecified atom stereocenters. The van der Waals surface area contributed by atoms with Gasteiger partial charge >= 0.3 is 0 Å². The van der Waals surface area contributed by atoms with Crippen LogP contribution in [0.5, 0.6) is 0 Å². The van der Waals surface area contributed by atoms with E-state index in [0.29, 0.717) is 0 Å². The summed E-state index contributed by atoms with van der Waals surface area (Å²) in [7, 11) is 0. The van der Waals surface area contributed by atoms with Crippen LogP contribution in [0.15, 0.2) is 273 Å². The molecule has 2 atom stereocenters. The fourth-order valence-corrected chi connectivity index (χ4v) is 8.96. The zero-order chi connectivity index (χ0) is 42.9. The van der Waals surface area contributed by atoms with Crippen LogP contribution in [0.25, 0.3) is 11.1 Å². The Balaban J connectivity index is 0.905. The standard InChI is InChI=1S/C60H50N4/c1-7-19-49(20-8-1)61(50-21-9-2-10-22-50)57-39-43-59(44-40-57)63(53-27-15-5-16-28-53)55-35-31-47(32-36-55)48-33-37-56(38-34-48)64(54-29-17-6-18-30-54)60-45-41-58(42-46-60)62(51-23-11-3-12-24-51)52-25-13-4-14-26-52/h1-29,31-43,45-46,54,59H,30,44H2. The van der Waals surface area contributed by atoms with E-state index in [1.807, 2.05) is 0 Å². The Morgan fingerprint density at radius 3 is 1.03 bits per heavy atom. The summed E-state index contributed by atoms with van der Waals surface area (Å²) in [6.07, 6.45) is 17.7. The summed E-state index contributed by atoms with van der Waals surface area (Å²) >= 11 is 0. The molecular weight excluding hydrogens is 777 g/mol. The molecule has 0 amide bonds. The highest BCUT2D eigenvalue weighted by Crippen LogP contribution is 2.40. The van der Waals surface area contributed by atoms with E-state index in [1.165, 1.54) is 22.5 Å². The number of nitrogens with zero attached hydrogens (tertiary/aromatic N) is 4. The lowest BCUT2D eigenvalue weighted by atomic mass is 10.00. The lowest BCUT2D eigenvalue weighted by molar-refractivity contribution is 0.777. The van der Waals surface area contributed by atoms with Crippen molar-refractivity contribution in [1.29, 1.82) is 0 Å². The van der Waals surface area contributed by atoms with Crippen LogP contribution < -0.4 is 19.6 Å². The molecule has 0 spiro atoms. The van der Waals surface area contributed by atoms with Crippen LogP contribution in [0.2, 0.25) is 0 Å². The highest BCUT2D eigenvalue weighted by atomic mass is 15.2. The van der Waals surface area contributed by atoms with Crippen LogP contribution in [0.1, 0.15) is 12.8 Å². The second-order valence-corrected chi connectivity index (χ2v) is 16.1. The van der Waals surface area contributed by atoms with Crippen molar-refractivity contribution in [2.45, 2.75) is 24.9 Å². The number of benzene rings is 8. The SMILES string of the molecule is C1=CCC(N(c2ccc(-c3ccc(N(c4ccccc4)C4C=CC(N(c5ccccc5)c5ccccc5)=CC4)cc3)cc2)c2ccc(N(c3ccccc3)c3ccccc3)cc2)C=C1. The van der Waals surface area contributed by atoms with E-state index in [-0.39, 0.29) is 12.1 Å². The summed E-state index contributed by atoms with van der Waals surface area (Å²) in [5.41, 5.74) is 13.8. The molecule has 0 fully saturated rings. The van der Waals surface area contributed by atoms with Gasteiger partial charge in [-0.1, -0.05) is 152 Å². The van der Waals surface area contributed by atoms with Crippen molar-refractivity contribution in [3.63, 3.8) is 0 Å². The maximum atomic E-state index is 2.46. The molecule has 4 nitrogen and oxygen atoms in total. The fourth-order valence-electron chi connectivity index (χ4n) is 8.96. The third kappa shape index (κ3) is 8.68. The van der Waals surface area contributed by atoms with Gasteiger partial charge in [-0.25, -0.2) is 0 Å². The summed E-state index contributed by atoms with van der Waals surface area (Å²) in [4.78, 5) is 9.56. The second kappa shape index (κ2) is 18.9. The molecule has 10 rings (SSSR count). The monoisotopic (exact) mass is 826 g/mol. The first kappa shape index (κ1) is 40.0. The molecule has 0 saturated carbocycles.